The van der Waals surface area contributed by atoms with Gasteiger partial charge in [0.05, 0.1) is 12.2 Å². The Morgan fingerprint density at radius 3 is 3.09 bits per heavy atom. The largest absolute Gasteiger partial charge is 0.478 e. The molecule has 2 unspecified atom stereocenters. The summed E-state index contributed by atoms with van der Waals surface area (Å²) in [7, 11) is 4.00. The van der Waals surface area contributed by atoms with Crippen LogP contribution in [-0.4, -0.2) is 78.6 Å². The van der Waals surface area contributed by atoms with Crippen molar-refractivity contribution in [1.82, 2.24) is 14.8 Å². The minimum Gasteiger partial charge on any atom is -0.478 e. The number of nitrogens with zero attached hydrogens (tertiary/aromatic N) is 4. The van der Waals surface area contributed by atoms with Crippen LogP contribution in [0.4, 0.5) is 0 Å². The lowest BCUT2D eigenvalue weighted by Gasteiger charge is -2.37. The molecule has 0 saturated heterocycles. The summed E-state index contributed by atoms with van der Waals surface area (Å²) in [6.45, 7) is 1.98. The Kier molecular flexibility index (Phi) is 5.90. The summed E-state index contributed by atoms with van der Waals surface area (Å²) in [5.41, 5.74) is 4.16. The van der Waals surface area contributed by atoms with Gasteiger partial charge in [0.15, 0.2) is 11.9 Å². The fourth-order valence-electron chi connectivity index (χ4n) is 3.98. The molecule has 4 heterocycles. The Labute approximate surface area is 193 Å². The van der Waals surface area contributed by atoms with Crippen LogP contribution in [0.3, 0.4) is 0 Å². The summed E-state index contributed by atoms with van der Waals surface area (Å²) < 4.78 is 17.4. The lowest BCUT2D eigenvalue weighted by molar-refractivity contribution is 0.0348. The second-order valence-electron chi connectivity index (χ2n) is 8.37. The fraction of sp³-hybridized carbons (Fsp3) is 0.360. The first-order chi connectivity index (χ1) is 16.1. The van der Waals surface area contributed by atoms with Gasteiger partial charge in [0.25, 0.3) is 5.88 Å². The first kappa shape index (κ1) is 21.3. The highest BCUT2D eigenvalue weighted by Crippen LogP contribution is 2.33. The molecule has 170 valence electrons. The summed E-state index contributed by atoms with van der Waals surface area (Å²) >= 11 is 0. The van der Waals surface area contributed by atoms with Crippen molar-refractivity contribution in [2.75, 3.05) is 40.4 Å². The van der Waals surface area contributed by atoms with Crippen LogP contribution in [0.5, 0.6) is 11.6 Å². The number of aliphatic hydroxyl groups excluding tert-OH is 1. The first-order valence-corrected chi connectivity index (χ1v) is 11.0. The SMILES string of the molecule is CN(C)CC#Cc1ccc2c(c1)CCN1C2=CC(OCC2COc3ncccc3O2)=NC1O. The van der Waals surface area contributed by atoms with E-state index < -0.39 is 6.35 Å². The molecule has 0 saturated carbocycles. The molecule has 0 fully saturated rings. The number of aromatic nitrogens is 1. The van der Waals surface area contributed by atoms with Crippen molar-refractivity contribution in [3.05, 3.63) is 59.3 Å². The van der Waals surface area contributed by atoms with Gasteiger partial charge < -0.3 is 24.2 Å². The standard InChI is InChI=1S/C25H26N4O4/c1-28(2)11-4-5-17-7-8-20-18(13-17)9-12-29-21(20)14-23(27-25(29)30)31-15-19-16-32-24-22(33-19)6-3-10-26-24/h3,6-8,10,13-14,19,25,30H,9,11-12,15-16H2,1-2H3. The molecule has 5 rings (SSSR count). The Hall–Kier alpha value is -3.54. The average Bonchev–Trinajstić information content (AvgIpc) is 2.82. The van der Waals surface area contributed by atoms with Crippen molar-refractivity contribution in [3.8, 4) is 23.5 Å². The summed E-state index contributed by atoms with van der Waals surface area (Å²) in [6, 6.07) is 9.82. The van der Waals surface area contributed by atoms with E-state index in [1.165, 1.54) is 5.56 Å². The average molecular weight is 447 g/mol. The fourth-order valence-corrected chi connectivity index (χ4v) is 3.98. The molecule has 33 heavy (non-hydrogen) atoms. The van der Waals surface area contributed by atoms with Gasteiger partial charge in [0.2, 0.25) is 12.2 Å². The van der Waals surface area contributed by atoms with Crippen LogP contribution in [0.1, 0.15) is 16.7 Å². The summed E-state index contributed by atoms with van der Waals surface area (Å²) in [5.74, 6) is 7.86. The molecule has 0 aliphatic carbocycles. The highest BCUT2D eigenvalue weighted by Gasteiger charge is 2.30. The number of pyridine rings is 1. The molecule has 0 spiro atoms. The van der Waals surface area contributed by atoms with Crippen molar-refractivity contribution in [3.63, 3.8) is 0 Å². The molecule has 8 nitrogen and oxygen atoms in total. The second-order valence-corrected chi connectivity index (χ2v) is 8.37. The van der Waals surface area contributed by atoms with E-state index in [0.29, 0.717) is 30.7 Å². The molecule has 3 aliphatic rings. The molecule has 0 bridgehead atoms. The third kappa shape index (κ3) is 4.65. The third-order valence-corrected chi connectivity index (χ3v) is 5.58. The third-order valence-electron chi connectivity index (χ3n) is 5.58. The molecular formula is C25H26N4O4. The first-order valence-electron chi connectivity index (χ1n) is 11.0. The zero-order valence-electron chi connectivity index (χ0n) is 18.7. The van der Waals surface area contributed by atoms with Crippen LogP contribution in [-0.2, 0) is 11.2 Å². The molecule has 1 aromatic heterocycles. The van der Waals surface area contributed by atoms with E-state index in [-0.39, 0.29) is 12.7 Å². The van der Waals surface area contributed by atoms with Crippen LogP contribution >= 0.6 is 0 Å². The van der Waals surface area contributed by atoms with E-state index in [9.17, 15) is 5.11 Å². The predicted octanol–water partition coefficient (Wildman–Crippen LogP) is 1.74. The molecule has 2 atom stereocenters. The van der Waals surface area contributed by atoms with E-state index in [2.05, 4.69) is 33.9 Å². The van der Waals surface area contributed by atoms with Crippen LogP contribution in [0.15, 0.2) is 47.6 Å². The highest BCUT2D eigenvalue weighted by molar-refractivity contribution is 5.97. The molecule has 3 aliphatic heterocycles. The maximum absolute atomic E-state index is 10.6. The number of ether oxygens (including phenoxy) is 3. The van der Waals surface area contributed by atoms with E-state index >= 15 is 0 Å². The van der Waals surface area contributed by atoms with Crippen molar-refractivity contribution >= 4 is 11.6 Å². The van der Waals surface area contributed by atoms with Crippen molar-refractivity contribution in [1.29, 1.82) is 0 Å². The van der Waals surface area contributed by atoms with Gasteiger partial charge in [-0.3, -0.25) is 4.90 Å². The van der Waals surface area contributed by atoms with Crippen LogP contribution in [0.25, 0.3) is 5.70 Å². The van der Waals surface area contributed by atoms with Crippen LogP contribution in [0.2, 0.25) is 0 Å². The van der Waals surface area contributed by atoms with Gasteiger partial charge in [0.1, 0.15) is 13.2 Å². The number of aliphatic imine (C=N–C) groups is 1. The van der Waals surface area contributed by atoms with E-state index in [1.54, 1.807) is 12.3 Å². The molecular weight excluding hydrogens is 420 g/mol. The topological polar surface area (TPSA) is 79.7 Å². The van der Waals surface area contributed by atoms with Crippen molar-refractivity contribution < 1.29 is 19.3 Å². The number of hydrogen-bond donors (Lipinski definition) is 1. The van der Waals surface area contributed by atoms with Gasteiger partial charge >= 0.3 is 0 Å². The molecule has 0 radical (unpaired) electrons. The number of aliphatic hydroxyl groups is 1. The van der Waals surface area contributed by atoms with Gasteiger partial charge in [-0.05, 0) is 50.3 Å². The summed E-state index contributed by atoms with van der Waals surface area (Å²) in [6.07, 6.45) is 3.08. The zero-order valence-corrected chi connectivity index (χ0v) is 18.7. The normalized spacial score (nSPS) is 20.7. The van der Waals surface area contributed by atoms with Crippen molar-refractivity contribution in [2.24, 2.45) is 4.99 Å². The molecule has 0 amide bonds. The van der Waals surface area contributed by atoms with Gasteiger partial charge in [-0.15, -0.1) is 0 Å². The van der Waals surface area contributed by atoms with E-state index in [0.717, 1.165) is 29.8 Å². The quantitative estimate of drug-likeness (QED) is 0.720. The Morgan fingerprint density at radius 1 is 1.30 bits per heavy atom. The van der Waals surface area contributed by atoms with E-state index in [1.807, 2.05) is 42.1 Å². The Morgan fingerprint density at radius 2 is 2.21 bits per heavy atom. The molecule has 1 N–H and O–H groups in total. The highest BCUT2D eigenvalue weighted by atomic mass is 16.6. The minimum absolute atomic E-state index is 0.247. The summed E-state index contributed by atoms with van der Waals surface area (Å²) in [4.78, 5) is 12.4. The maximum atomic E-state index is 10.6. The summed E-state index contributed by atoms with van der Waals surface area (Å²) in [5, 5.41) is 10.6. The molecule has 8 heteroatoms. The van der Waals surface area contributed by atoms with Crippen LogP contribution in [0, 0.1) is 11.8 Å². The smallest absolute Gasteiger partial charge is 0.257 e. The predicted molar refractivity (Wildman–Crippen MR) is 124 cm³/mol. The monoisotopic (exact) mass is 446 g/mol. The zero-order chi connectivity index (χ0) is 22.8. The number of benzene rings is 1. The van der Waals surface area contributed by atoms with Gasteiger partial charge in [-0.2, -0.15) is 4.99 Å². The molecule has 2 aromatic rings. The number of fused-ring (bicyclic) bond motifs is 4. The Balaban J connectivity index is 1.30. The van der Waals surface area contributed by atoms with E-state index in [4.69, 9.17) is 14.2 Å². The lowest BCUT2D eigenvalue weighted by atomic mass is 9.94. The second kappa shape index (κ2) is 9.14. The van der Waals surface area contributed by atoms with Crippen molar-refractivity contribution in [2.45, 2.75) is 18.9 Å². The minimum atomic E-state index is -0.985. The number of hydrogen-bond acceptors (Lipinski definition) is 8. The molecule has 1 aromatic carbocycles. The van der Waals surface area contributed by atoms with Gasteiger partial charge in [-0.1, -0.05) is 17.9 Å². The van der Waals surface area contributed by atoms with Crippen LogP contribution < -0.4 is 9.47 Å². The maximum Gasteiger partial charge on any atom is 0.257 e. The van der Waals surface area contributed by atoms with Gasteiger partial charge in [-0.25, -0.2) is 4.98 Å². The number of rotatable bonds is 3. The Bertz CT molecular complexity index is 1160. The van der Waals surface area contributed by atoms with Gasteiger partial charge in [0, 0.05) is 29.9 Å². The lowest BCUT2D eigenvalue weighted by Crippen LogP contribution is -2.41.